The van der Waals surface area contributed by atoms with Gasteiger partial charge in [-0.1, -0.05) is 36.4 Å². The maximum Gasteiger partial charge on any atom is 0.282 e. The van der Waals surface area contributed by atoms with Gasteiger partial charge in [0.2, 0.25) is 0 Å². The molecule has 1 aliphatic rings. The Bertz CT molecular complexity index is 1570. The Kier molecular flexibility index (Phi) is 7.31. The molecule has 1 heterocycles. The molecule has 1 saturated heterocycles. The van der Waals surface area contributed by atoms with Gasteiger partial charge in [-0.05, 0) is 54.6 Å². The molecule has 2 amide bonds. The molecule has 196 valence electrons. The van der Waals surface area contributed by atoms with E-state index in [0.29, 0.717) is 22.4 Å². The first-order chi connectivity index (χ1) is 18.9. The van der Waals surface area contributed by atoms with Crippen molar-refractivity contribution < 1.29 is 32.2 Å². The molecule has 0 atom stereocenters. The van der Waals surface area contributed by atoms with Crippen LogP contribution in [-0.4, -0.2) is 11.8 Å². The van der Waals surface area contributed by atoms with Gasteiger partial charge < -0.3 is 9.47 Å². The number of hydrogen-bond donors (Lipinski definition) is 1. The first-order valence-corrected chi connectivity index (χ1v) is 11.9. The van der Waals surface area contributed by atoms with E-state index in [-0.39, 0.29) is 30.2 Å². The van der Waals surface area contributed by atoms with Crippen molar-refractivity contribution in [1.82, 2.24) is 5.43 Å². The van der Waals surface area contributed by atoms with Crippen LogP contribution in [0.2, 0.25) is 0 Å². The Hall–Kier alpha value is -5.05. The molecule has 4 aromatic carbocycles. The summed E-state index contributed by atoms with van der Waals surface area (Å²) in [6, 6.07) is 22.0. The topological polar surface area (TPSA) is 67.9 Å². The summed E-state index contributed by atoms with van der Waals surface area (Å²) in [5.74, 6) is -2.12. The molecule has 1 aliphatic heterocycles. The maximum atomic E-state index is 14.2. The number of hydrazine groups is 1. The first-order valence-electron chi connectivity index (χ1n) is 11.9. The predicted molar refractivity (Wildman–Crippen MR) is 138 cm³/mol. The molecule has 5 rings (SSSR count). The molecular formula is C30H21F3N2O4. The molecule has 0 aliphatic carbocycles. The van der Waals surface area contributed by atoms with Crippen LogP contribution in [0.15, 0.2) is 96.6 Å². The minimum atomic E-state index is -0.663. The van der Waals surface area contributed by atoms with Crippen molar-refractivity contribution in [2.75, 3.05) is 5.01 Å². The van der Waals surface area contributed by atoms with Gasteiger partial charge in [0.05, 0.1) is 5.69 Å². The first kappa shape index (κ1) is 25.6. The number of amides is 2. The van der Waals surface area contributed by atoms with Crippen LogP contribution in [0, 0.1) is 17.5 Å². The standard InChI is InChI=1S/C30H21F3N2O4/c31-22-10-12-23(13-11-22)35-30(37)25(29(36)34-35)15-19-9-14-24(38-17-20-5-1-3-7-26(20)32)16-28(19)39-18-21-6-2-4-8-27(21)33/h1-16H,17-18H2,(H,34,36)/b25-15-. The van der Waals surface area contributed by atoms with E-state index >= 15 is 0 Å². The largest absolute Gasteiger partial charge is 0.489 e. The predicted octanol–water partition coefficient (Wildman–Crippen LogP) is 5.72. The van der Waals surface area contributed by atoms with Gasteiger partial charge in [-0.3, -0.25) is 15.0 Å². The van der Waals surface area contributed by atoms with Crippen molar-refractivity contribution in [2.45, 2.75) is 13.2 Å². The fourth-order valence-electron chi connectivity index (χ4n) is 3.88. The highest BCUT2D eigenvalue weighted by atomic mass is 19.1. The average molecular weight is 531 g/mol. The molecule has 1 N–H and O–H groups in total. The number of carbonyl (C=O) groups is 2. The van der Waals surface area contributed by atoms with E-state index in [9.17, 15) is 22.8 Å². The molecule has 4 aromatic rings. The van der Waals surface area contributed by atoms with Crippen molar-refractivity contribution >= 4 is 23.6 Å². The fraction of sp³-hybridized carbons (Fsp3) is 0.0667. The number of rotatable bonds is 8. The molecule has 1 fully saturated rings. The Morgan fingerprint density at radius 3 is 2.00 bits per heavy atom. The van der Waals surface area contributed by atoms with Crippen molar-refractivity contribution in [1.29, 1.82) is 0 Å². The summed E-state index contributed by atoms with van der Waals surface area (Å²) < 4.78 is 53.2. The lowest BCUT2D eigenvalue weighted by atomic mass is 10.1. The third-order valence-electron chi connectivity index (χ3n) is 5.95. The third-order valence-corrected chi connectivity index (χ3v) is 5.95. The monoisotopic (exact) mass is 530 g/mol. The number of nitrogens with one attached hydrogen (secondary N) is 1. The average Bonchev–Trinajstić information content (AvgIpc) is 3.22. The Morgan fingerprint density at radius 2 is 1.36 bits per heavy atom. The van der Waals surface area contributed by atoms with Crippen LogP contribution in [0.3, 0.4) is 0 Å². The SMILES string of the molecule is O=C1NN(c2ccc(F)cc2)C(=O)/C1=C\c1ccc(OCc2ccccc2F)cc1OCc1ccccc1F. The van der Waals surface area contributed by atoms with E-state index in [0.717, 1.165) is 5.01 Å². The van der Waals surface area contributed by atoms with Crippen molar-refractivity contribution in [3.05, 3.63) is 131 Å². The molecule has 0 bridgehead atoms. The molecule has 6 nitrogen and oxygen atoms in total. The number of anilines is 1. The van der Waals surface area contributed by atoms with E-state index in [1.807, 2.05) is 0 Å². The second-order valence-corrected chi connectivity index (χ2v) is 8.58. The van der Waals surface area contributed by atoms with E-state index in [4.69, 9.17) is 9.47 Å². The van der Waals surface area contributed by atoms with Gasteiger partial charge in [0, 0.05) is 22.8 Å². The van der Waals surface area contributed by atoms with Crippen LogP contribution in [0.1, 0.15) is 16.7 Å². The number of hydrogen-bond acceptors (Lipinski definition) is 4. The van der Waals surface area contributed by atoms with Gasteiger partial charge in [-0.15, -0.1) is 0 Å². The van der Waals surface area contributed by atoms with Crippen LogP contribution < -0.4 is 19.9 Å². The summed E-state index contributed by atoms with van der Waals surface area (Å²) in [6.45, 7) is -0.186. The summed E-state index contributed by atoms with van der Waals surface area (Å²) in [7, 11) is 0. The van der Waals surface area contributed by atoms with Gasteiger partial charge in [0.1, 0.15) is 47.7 Å². The van der Waals surface area contributed by atoms with Crippen molar-refractivity contribution in [3.63, 3.8) is 0 Å². The summed E-state index contributed by atoms with van der Waals surface area (Å²) in [5.41, 5.74) is 3.55. The number of nitrogens with zero attached hydrogens (tertiary/aromatic N) is 1. The number of halogens is 3. The number of carbonyl (C=O) groups excluding carboxylic acids is 2. The molecule has 0 saturated carbocycles. The van der Waals surface area contributed by atoms with E-state index < -0.39 is 29.3 Å². The summed E-state index contributed by atoms with van der Waals surface area (Å²) in [4.78, 5) is 25.7. The molecule has 39 heavy (non-hydrogen) atoms. The highest BCUT2D eigenvalue weighted by molar-refractivity contribution is 6.31. The van der Waals surface area contributed by atoms with Gasteiger partial charge in [0.15, 0.2) is 0 Å². The summed E-state index contributed by atoms with van der Waals surface area (Å²) >= 11 is 0. The van der Waals surface area contributed by atoms with Gasteiger partial charge in [0.25, 0.3) is 11.8 Å². The Morgan fingerprint density at radius 1 is 0.744 bits per heavy atom. The molecule has 0 aromatic heterocycles. The quantitative estimate of drug-likeness (QED) is 0.234. The van der Waals surface area contributed by atoms with Crippen LogP contribution in [-0.2, 0) is 22.8 Å². The van der Waals surface area contributed by atoms with Crippen LogP contribution >= 0.6 is 0 Å². The second-order valence-electron chi connectivity index (χ2n) is 8.58. The Labute approximate surface area is 221 Å². The molecule has 0 radical (unpaired) electrons. The smallest absolute Gasteiger partial charge is 0.282 e. The second kappa shape index (κ2) is 11.1. The highest BCUT2D eigenvalue weighted by Crippen LogP contribution is 2.30. The zero-order valence-electron chi connectivity index (χ0n) is 20.4. The fourth-order valence-corrected chi connectivity index (χ4v) is 3.88. The number of benzene rings is 4. The van der Waals surface area contributed by atoms with Crippen molar-refractivity contribution in [2.24, 2.45) is 0 Å². The normalized spacial score (nSPS) is 14.0. The summed E-state index contributed by atoms with van der Waals surface area (Å²) in [5, 5.41) is 1.01. The minimum absolute atomic E-state index is 0.0482. The highest BCUT2D eigenvalue weighted by Gasteiger charge is 2.34. The molecule has 0 unspecified atom stereocenters. The van der Waals surface area contributed by atoms with Crippen LogP contribution in [0.4, 0.5) is 18.9 Å². The number of ether oxygens (including phenoxy) is 2. The Balaban J connectivity index is 1.44. The maximum absolute atomic E-state index is 14.2. The zero-order chi connectivity index (χ0) is 27.4. The van der Waals surface area contributed by atoms with Crippen molar-refractivity contribution in [3.8, 4) is 11.5 Å². The lowest BCUT2D eigenvalue weighted by Crippen LogP contribution is -2.35. The zero-order valence-corrected chi connectivity index (χ0v) is 20.4. The van der Waals surface area contributed by atoms with Crippen LogP contribution in [0.25, 0.3) is 6.08 Å². The third kappa shape index (κ3) is 5.77. The van der Waals surface area contributed by atoms with E-state index in [1.165, 1.54) is 48.5 Å². The molecule has 0 spiro atoms. The minimum Gasteiger partial charge on any atom is -0.489 e. The molecule has 9 heteroatoms. The van der Waals surface area contributed by atoms with E-state index in [2.05, 4.69) is 5.43 Å². The van der Waals surface area contributed by atoms with Gasteiger partial charge >= 0.3 is 0 Å². The van der Waals surface area contributed by atoms with E-state index in [1.54, 1.807) is 48.5 Å². The van der Waals surface area contributed by atoms with Gasteiger partial charge in [-0.2, -0.15) is 0 Å². The molecular weight excluding hydrogens is 509 g/mol. The van der Waals surface area contributed by atoms with Crippen LogP contribution in [0.5, 0.6) is 11.5 Å². The lowest BCUT2D eigenvalue weighted by molar-refractivity contribution is -0.117. The van der Waals surface area contributed by atoms with Gasteiger partial charge in [-0.25, -0.2) is 18.2 Å². The lowest BCUT2D eigenvalue weighted by Gasteiger charge is -2.14. The summed E-state index contributed by atoms with van der Waals surface area (Å²) in [6.07, 6.45) is 1.35.